The molecule has 0 unspecified atom stereocenters. The average molecular weight is 367 g/mol. The van der Waals surface area contributed by atoms with E-state index in [-0.39, 0.29) is 11.8 Å². The number of phenolic OH excluding ortho intramolecular Hbond substituents is 1. The Morgan fingerprint density at radius 2 is 1.93 bits per heavy atom. The van der Waals surface area contributed by atoms with Gasteiger partial charge in [-0.15, -0.1) is 0 Å². The molecule has 0 bridgehead atoms. The third-order valence-electron chi connectivity index (χ3n) is 4.13. The predicted octanol–water partition coefficient (Wildman–Crippen LogP) is 2.41. The SMILES string of the molecule is COc1ccccc1NC(=NC[C@H](Cc1ccc(O)cc1)N(C)C)NC#N. The van der Waals surface area contributed by atoms with Gasteiger partial charge in [0.05, 0.1) is 19.3 Å². The predicted molar refractivity (Wildman–Crippen MR) is 107 cm³/mol. The minimum Gasteiger partial charge on any atom is -0.508 e. The molecule has 7 nitrogen and oxygen atoms in total. The van der Waals surface area contributed by atoms with E-state index >= 15 is 0 Å². The Morgan fingerprint density at radius 3 is 2.56 bits per heavy atom. The molecule has 0 aliphatic rings. The molecule has 3 N–H and O–H groups in total. The van der Waals surface area contributed by atoms with E-state index in [1.807, 2.05) is 56.7 Å². The molecule has 2 rings (SSSR count). The average Bonchev–Trinajstić information content (AvgIpc) is 2.66. The third kappa shape index (κ3) is 6.20. The summed E-state index contributed by atoms with van der Waals surface area (Å²) in [6.45, 7) is 0.486. The number of guanidine groups is 1. The van der Waals surface area contributed by atoms with Crippen LogP contribution in [0, 0.1) is 11.5 Å². The summed E-state index contributed by atoms with van der Waals surface area (Å²) < 4.78 is 5.32. The van der Waals surface area contributed by atoms with Crippen LogP contribution in [0.4, 0.5) is 5.69 Å². The zero-order valence-electron chi connectivity index (χ0n) is 15.8. The van der Waals surface area contributed by atoms with Gasteiger partial charge in [0, 0.05) is 6.04 Å². The second kappa shape index (κ2) is 10.0. The highest BCUT2D eigenvalue weighted by atomic mass is 16.5. The Kier molecular flexibility index (Phi) is 7.47. The zero-order chi connectivity index (χ0) is 19.6. The van der Waals surface area contributed by atoms with Crippen molar-refractivity contribution in [3.63, 3.8) is 0 Å². The quantitative estimate of drug-likeness (QED) is 0.301. The van der Waals surface area contributed by atoms with Crippen molar-refractivity contribution >= 4 is 11.6 Å². The summed E-state index contributed by atoms with van der Waals surface area (Å²) in [7, 11) is 5.58. The number of hydrogen-bond donors (Lipinski definition) is 3. The molecule has 0 radical (unpaired) electrons. The van der Waals surface area contributed by atoms with Gasteiger partial charge in [0.2, 0.25) is 5.96 Å². The van der Waals surface area contributed by atoms with Crippen LogP contribution in [-0.2, 0) is 6.42 Å². The molecule has 0 aliphatic carbocycles. The number of hydrogen-bond acceptors (Lipinski definition) is 5. The molecule has 1 atom stereocenters. The number of methoxy groups -OCH3 is 1. The van der Waals surface area contributed by atoms with Gasteiger partial charge < -0.3 is 20.1 Å². The van der Waals surface area contributed by atoms with Gasteiger partial charge in [-0.1, -0.05) is 24.3 Å². The summed E-state index contributed by atoms with van der Waals surface area (Å²) in [6.07, 6.45) is 2.68. The van der Waals surface area contributed by atoms with Crippen molar-refractivity contribution in [1.29, 1.82) is 5.26 Å². The smallest absolute Gasteiger partial charge is 0.209 e. The number of phenols is 1. The highest BCUT2D eigenvalue weighted by molar-refractivity contribution is 5.95. The van der Waals surface area contributed by atoms with Gasteiger partial charge in [0.1, 0.15) is 11.5 Å². The normalized spacial score (nSPS) is 12.3. The molecule has 0 amide bonds. The molecule has 2 aromatic carbocycles. The van der Waals surface area contributed by atoms with Crippen LogP contribution in [0.25, 0.3) is 0 Å². The maximum Gasteiger partial charge on any atom is 0.209 e. The fourth-order valence-corrected chi connectivity index (χ4v) is 2.55. The number of rotatable bonds is 7. The van der Waals surface area contributed by atoms with Crippen LogP contribution in [0.2, 0.25) is 0 Å². The molecular weight excluding hydrogens is 342 g/mol. The van der Waals surface area contributed by atoms with E-state index in [1.165, 1.54) is 0 Å². The van der Waals surface area contributed by atoms with Crippen molar-refractivity contribution in [3.8, 4) is 17.7 Å². The molecule has 0 aliphatic heterocycles. The number of aromatic hydroxyl groups is 1. The Labute approximate surface area is 159 Å². The van der Waals surface area contributed by atoms with Gasteiger partial charge in [-0.2, -0.15) is 5.26 Å². The van der Waals surface area contributed by atoms with Crippen molar-refractivity contribution in [3.05, 3.63) is 54.1 Å². The largest absolute Gasteiger partial charge is 0.508 e. The molecular formula is C20H25N5O2. The lowest BCUT2D eigenvalue weighted by molar-refractivity contribution is 0.298. The fraction of sp³-hybridized carbons (Fsp3) is 0.300. The lowest BCUT2D eigenvalue weighted by atomic mass is 10.1. The standard InChI is InChI=1S/C20H25N5O2/c1-25(2)16(12-15-8-10-17(26)11-9-15)13-22-20(23-14-21)24-18-6-4-5-7-19(18)27-3/h4-11,16,26H,12-13H2,1-3H3,(H2,22,23,24)/t16-/m0/s1. The second-order valence-electron chi connectivity index (χ2n) is 6.24. The summed E-state index contributed by atoms with van der Waals surface area (Å²) in [5.74, 6) is 1.28. The first-order valence-electron chi connectivity index (χ1n) is 8.57. The molecule has 7 heteroatoms. The zero-order valence-corrected chi connectivity index (χ0v) is 15.8. The number of benzene rings is 2. The van der Waals surface area contributed by atoms with Crippen molar-refractivity contribution in [2.75, 3.05) is 33.1 Å². The minimum absolute atomic E-state index is 0.129. The second-order valence-corrected chi connectivity index (χ2v) is 6.24. The maximum atomic E-state index is 9.43. The first-order chi connectivity index (χ1) is 13.0. The van der Waals surface area contributed by atoms with Gasteiger partial charge in [-0.25, -0.2) is 0 Å². The summed E-state index contributed by atoms with van der Waals surface area (Å²) in [5.41, 5.74) is 1.83. The number of nitriles is 1. The number of anilines is 1. The lowest BCUT2D eigenvalue weighted by Crippen LogP contribution is -2.35. The molecule has 0 heterocycles. The Hall–Kier alpha value is -3.24. The van der Waals surface area contributed by atoms with Gasteiger partial charge in [0.25, 0.3) is 0 Å². The highest BCUT2D eigenvalue weighted by Crippen LogP contribution is 2.22. The number of ether oxygens (including phenoxy) is 1. The van der Waals surface area contributed by atoms with Crippen LogP contribution in [0.5, 0.6) is 11.5 Å². The van der Waals surface area contributed by atoms with E-state index < -0.39 is 0 Å². The molecule has 2 aromatic rings. The topological polar surface area (TPSA) is 92.9 Å². The molecule has 0 saturated carbocycles. The first kappa shape index (κ1) is 20.1. The number of aliphatic imine (C=N–C) groups is 1. The van der Waals surface area contributed by atoms with E-state index in [2.05, 4.69) is 20.5 Å². The van der Waals surface area contributed by atoms with Crippen LogP contribution in [-0.4, -0.2) is 49.8 Å². The number of nitrogens with one attached hydrogen (secondary N) is 2. The van der Waals surface area contributed by atoms with Crippen molar-refractivity contribution in [2.45, 2.75) is 12.5 Å². The number of para-hydroxylation sites is 2. The van der Waals surface area contributed by atoms with Crippen LogP contribution in [0.3, 0.4) is 0 Å². The monoisotopic (exact) mass is 367 g/mol. The van der Waals surface area contributed by atoms with Crippen LogP contribution in [0.15, 0.2) is 53.5 Å². The molecule has 0 fully saturated rings. The van der Waals surface area contributed by atoms with Gasteiger partial charge in [-0.3, -0.25) is 10.3 Å². The van der Waals surface area contributed by atoms with E-state index in [4.69, 9.17) is 10.00 Å². The van der Waals surface area contributed by atoms with Gasteiger partial charge in [0.15, 0.2) is 6.19 Å². The third-order valence-corrected chi connectivity index (χ3v) is 4.13. The van der Waals surface area contributed by atoms with E-state index in [9.17, 15) is 5.11 Å². The molecule has 0 aromatic heterocycles. The molecule has 0 saturated heterocycles. The van der Waals surface area contributed by atoms with Crippen molar-refractivity contribution < 1.29 is 9.84 Å². The fourth-order valence-electron chi connectivity index (χ4n) is 2.55. The summed E-state index contributed by atoms with van der Waals surface area (Å²) in [5, 5.41) is 24.1. The summed E-state index contributed by atoms with van der Waals surface area (Å²) in [6, 6.07) is 14.7. The van der Waals surface area contributed by atoms with Crippen LogP contribution >= 0.6 is 0 Å². The first-order valence-corrected chi connectivity index (χ1v) is 8.57. The van der Waals surface area contributed by atoms with Gasteiger partial charge >= 0.3 is 0 Å². The van der Waals surface area contributed by atoms with Crippen molar-refractivity contribution in [1.82, 2.24) is 10.2 Å². The Balaban J connectivity index is 2.12. The van der Waals surface area contributed by atoms with Crippen molar-refractivity contribution in [2.24, 2.45) is 4.99 Å². The molecule has 142 valence electrons. The number of likely N-dealkylation sites (N-methyl/N-ethyl adjacent to an activating group) is 1. The molecule has 27 heavy (non-hydrogen) atoms. The van der Waals surface area contributed by atoms with E-state index in [0.717, 1.165) is 17.7 Å². The van der Waals surface area contributed by atoms with E-state index in [1.54, 1.807) is 19.2 Å². The summed E-state index contributed by atoms with van der Waals surface area (Å²) in [4.78, 5) is 6.63. The van der Waals surface area contributed by atoms with Crippen LogP contribution in [0.1, 0.15) is 5.56 Å². The highest BCUT2D eigenvalue weighted by Gasteiger charge is 2.13. The van der Waals surface area contributed by atoms with Gasteiger partial charge in [-0.05, 0) is 50.3 Å². The van der Waals surface area contributed by atoms with Crippen LogP contribution < -0.4 is 15.4 Å². The lowest BCUT2D eigenvalue weighted by Gasteiger charge is -2.23. The minimum atomic E-state index is 0.129. The van der Waals surface area contributed by atoms with E-state index in [0.29, 0.717) is 18.3 Å². The number of nitrogens with zero attached hydrogens (tertiary/aromatic N) is 3. The maximum absolute atomic E-state index is 9.43. The Bertz CT molecular complexity index is 797. The summed E-state index contributed by atoms with van der Waals surface area (Å²) >= 11 is 0. The molecule has 0 spiro atoms. The Morgan fingerprint density at radius 1 is 1.22 bits per heavy atom.